The first-order valence-corrected chi connectivity index (χ1v) is 7.51. The van der Waals surface area contributed by atoms with Crippen LogP contribution in [-0.4, -0.2) is 32.5 Å². The second kappa shape index (κ2) is 7.52. The molecule has 0 saturated heterocycles. The molecule has 0 aliphatic rings. The number of aromatic nitrogens is 3. The van der Waals surface area contributed by atoms with Crippen molar-refractivity contribution in [1.82, 2.24) is 20.1 Å². The van der Waals surface area contributed by atoms with Crippen LogP contribution < -0.4 is 5.32 Å². The molecule has 2 aromatic rings. The van der Waals surface area contributed by atoms with Crippen LogP contribution in [0.1, 0.15) is 6.92 Å². The molecule has 0 bridgehead atoms. The van der Waals surface area contributed by atoms with Gasteiger partial charge in [0.1, 0.15) is 0 Å². The van der Waals surface area contributed by atoms with Gasteiger partial charge >= 0.3 is 0 Å². The molecule has 1 atom stereocenters. The first kappa shape index (κ1) is 15.9. The molecule has 1 amide bonds. The van der Waals surface area contributed by atoms with E-state index in [9.17, 15) is 4.79 Å². The third-order valence-electron chi connectivity index (χ3n) is 2.79. The average Bonchev–Trinajstić information content (AvgIpc) is 3.15. The Morgan fingerprint density at radius 2 is 2.50 bits per heavy atom. The number of nitrogens with one attached hydrogen (secondary N) is 1. The summed E-state index contributed by atoms with van der Waals surface area (Å²) in [5, 5.41) is 11.2. The zero-order valence-corrected chi connectivity index (χ0v) is 13.0. The Morgan fingerprint density at radius 3 is 3.14 bits per heavy atom. The first-order valence-electron chi connectivity index (χ1n) is 6.63. The van der Waals surface area contributed by atoms with Crippen LogP contribution in [-0.2, 0) is 11.3 Å². The number of amides is 1. The number of hydrogen-bond donors (Lipinski definition) is 1. The summed E-state index contributed by atoms with van der Waals surface area (Å²) in [5.41, 5.74) is 0. The van der Waals surface area contributed by atoms with Gasteiger partial charge in [-0.1, -0.05) is 23.8 Å². The van der Waals surface area contributed by atoms with Crippen LogP contribution in [0.2, 0.25) is 0 Å². The Hall–Kier alpha value is -2.46. The third kappa shape index (κ3) is 3.59. The fourth-order valence-electron chi connectivity index (χ4n) is 1.75. The van der Waals surface area contributed by atoms with E-state index in [2.05, 4.69) is 28.0 Å². The fourth-order valence-corrected chi connectivity index (χ4v) is 2.63. The molecule has 0 aromatic carbocycles. The van der Waals surface area contributed by atoms with Crippen molar-refractivity contribution in [3.05, 3.63) is 31.1 Å². The van der Waals surface area contributed by atoms with E-state index in [1.807, 2.05) is 4.57 Å². The standard InChI is InChI=1S/C15H16N4O2S/c1-4-8-16-14(20)11(3)22-15-18-17-13(19(15)9-5-2)12-7-6-10-21-12/h1,5-7,10-11H,2,8-9H2,3H3,(H,16,20). The molecule has 1 N–H and O–H groups in total. The molecule has 0 saturated carbocycles. The predicted molar refractivity (Wildman–Crippen MR) is 85.1 cm³/mol. The van der Waals surface area contributed by atoms with E-state index in [1.165, 1.54) is 11.8 Å². The van der Waals surface area contributed by atoms with Crippen LogP contribution in [0, 0.1) is 12.3 Å². The Bertz CT molecular complexity index is 685. The Balaban J connectivity index is 2.19. The minimum Gasteiger partial charge on any atom is -0.461 e. The molecule has 0 spiro atoms. The van der Waals surface area contributed by atoms with Crippen molar-refractivity contribution in [2.24, 2.45) is 0 Å². The fraction of sp³-hybridized carbons (Fsp3) is 0.267. The van der Waals surface area contributed by atoms with Crippen molar-refractivity contribution in [1.29, 1.82) is 0 Å². The molecule has 0 fully saturated rings. The molecule has 6 nitrogen and oxygen atoms in total. The van der Waals surface area contributed by atoms with E-state index >= 15 is 0 Å². The van der Waals surface area contributed by atoms with E-state index in [4.69, 9.17) is 10.8 Å². The summed E-state index contributed by atoms with van der Waals surface area (Å²) in [5.74, 6) is 3.45. The SMILES string of the molecule is C#CCNC(=O)C(C)Sc1nnc(-c2ccco2)n1CC=C. The van der Waals surface area contributed by atoms with Gasteiger partial charge in [-0.3, -0.25) is 9.36 Å². The molecule has 1 unspecified atom stereocenters. The van der Waals surface area contributed by atoms with Gasteiger partial charge in [0, 0.05) is 6.54 Å². The number of carbonyl (C=O) groups excluding carboxylic acids is 1. The second-order valence-electron chi connectivity index (χ2n) is 4.36. The quantitative estimate of drug-likeness (QED) is 0.480. The molecule has 0 radical (unpaired) electrons. The van der Waals surface area contributed by atoms with Crippen LogP contribution in [0.3, 0.4) is 0 Å². The molecule has 2 aromatic heterocycles. The Labute approximate surface area is 133 Å². The van der Waals surface area contributed by atoms with Crippen LogP contribution >= 0.6 is 11.8 Å². The van der Waals surface area contributed by atoms with Gasteiger partial charge in [0.05, 0.1) is 18.1 Å². The number of hydrogen-bond acceptors (Lipinski definition) is 5. The van der Waals surface area contributed by atoms with Crippen molar-refractivity contribution >= 4 is 17.7 Å². The van der Waals surface area contributed by atoms with E-state index in [0.717, 1.165) is 0 Å². The molecule has 0 aliphatic carbocycles. The average molecular weight is 316 g/mol. The molecule has 22 heavy (non-hydrogen) atoms. The summed E-state index contributed by atoms with van der Waals surface area (Å²) < 4.78 is 7.21. The summed E-state index contributed by atoms with van der Waals surface area (Å²) in [6.45, 7) is 6.25. The molecular weight excluding hydrogens is 300 g/mol. The third-order valence-corrected chi connectivity index (χ3v) is 3.87. The maximum atomic E-state index is 11.9. The summed E-state index contributed by atoms with van der Waals surface area (Å²) in [6.07, 6.45) is 8.44. The zero-order chi connectivity index (χ0) is 15.9. The maximum Gasteiger partial charge on any atom is 0.234 e. The van der Waals surface area contributed by atoms with Gasteiger partial charge in [-0.05, 0) is 19.1 Å². The lowest BCUT2D eigenvalue weighted by Gasteiger charge is -2.11. The maximum absolute atomic E-state index is 11.9. The van der Waals surface area contributed by atoms with Crippen LogP contribution in [0.5, 0.6) is 0 Å². The summed E-state index contributed by atoms with van der Waals surface area (Å²) in [4.78, 5) is 11.9. The van der Waals surface area contributed by atoms with Crippen LogP contribution in [0.15, 0.2) is 40.6 Å². The number of carbonyl (C=O) groups is 1. The van der Waals surface area contributed by atoms with Crippen LogP contribution in [0.4, 0.5) is 0 Å². The molecule has 2 heterocycles. The highest BCUT2D eigenvalue weighted by Crippen LogP contribution is 2.27. The van der Waals surface area contributed by atoms with E-state index in [1.54, 1.807) is 31.4 Å². The minimum absolute atomic E-state index is 0.143. The number of thioether (sulfide) groups is 1. The van der Waals surface area contributed by atoms with Gasteiger partial charge in [0.25, 0.3) is 0 Å². The van der Waals surface area contributed by atoms with Gasteiger partial charge in [-0.15, -0.1) is 23.2 Å². The van der Waals surface area contributed by atoms with Crippen LogP contribution in [0.25, 0.3) is 11.6 Å². The van der Waals surface area contributed by atoms with Crippen molar-refractivity contribution in [2.45, 2.75) is 23.9 Å². The number of furan rings is 1. The monoisotopic (exact) mass is 316 g/mol. The van der Waals surface area contributed by atoms with Gasteiger partial charge in [-0.2, -0.15) is 0 Å². The summed E-state index contributed by atoms with van der Waals surface area (Å²) in [7, 11) is 0. The second-order valence-corrected chi connectivity index (χ2v) is 5.67. The highest BCUT2D eigenvalue weighted by atomic mass is 32.2. The lowest BCUT2D eigenvalue weighted by atomic mass is 10.4. The van der Waals surface area contributed by atoms with Gasteiger partial charge in [0.2, 0.25) is 11.7 Å². The smallest absolute Gasteiger partial charge is 0.234 e. The lowest BCUT2D eigenvalue weighted by Crippen LogP contribution is -2.31. The van der Waals surface area contributed by atoms with E-state index < -0.39 is 0 Å². The van der Waals surface area contributed by atoms with Gasteiger partial charge in [-0.25, -0.2) is 0 Å². The Kier molecular flexibility index (Phi) is 5.44. The minimum atomic E-state index is -0.342. The number of terminal acetylenes is 1. The van der Waals surface area contributed by atoms with Crippen molar-refractivity contribution in [3.8, 4) is 23.9 Å². The van der Waals surface area contributed by atoms with Crippen molar-refractivity contribution in [2.75, 3.05) is 6.54 Å². The molecule has 2 rings (SSSR count). The number of allylic oxidation sites excluding steroid dienone is 1. The van der Waals surface area contributed by atoms with Gasteiger partial charge in [0.15, 0.2) is 10.9 Å². The van der Waals surface area contributed by atoms with E-state index in [-0.39, 0.29) is 17.7 Å². The highest BCUT2D eigenvalue weighted by molar-refractivity contribution is 8.00. The Morgan fingerprint density at radius 1 is 1.68 bits per heavy atom. The van der Waals surface area contributed by atoms with Crippen molar-refractivity contribution in [3.63, 3.8) is 0 Å². The molecular formula is C15H16N4O2S. The normalized spacial score (nSPS) is 11.6. The summed E-state index contributed by atoms with van der Waals surface area (Å²) in [6, 6.07) is 3.59. The lowest BCUT2D eigenvalue weighted by molar-refractivity contribution is -0.120. The first-order chi connectivity index (χ1) is 10.7. The van der Waals surface area contributed by atoms with Crippen molar-refractivity contribution < 1.29 is 9.21 Å². The highest BCUT2D eigenvalue weighted by Gasteiger charge is 2.20. The largest absolute Gasteiger partial charge is 0.461 e. The predicted octanol–water partition coefficient (Wildman–Crippen LogP) is 1.95. The number of rotatable bonds is 7. The van der Waals surface area contributed by atoms with E-state index in [0.29, 0.717) is 23.3 Å². The molecule has 7 heteroatoms. The molecule has 114 valence electrons. The van der Waals surface area contributed by atoms with Gasteiger partial charge < -0.3 is 9.73 Å². The molecule has 0 aliphatic heterocycles. The zero-order valence-electron chi connectivity index (χ0n) is 12.2. The number of nitrogens with zero attached hydrogens (tertiary/aromatic N) is 3. The topological polar surface area (TPSA) is 73.0 Å². The summed E-state index contributed by atoms with van der Waals surface area (Å²) >= 11 is 1.31.